The van der Waals surface area contributed by atoms with Gasteiger partial charge in [0.25, 0.3) is 0 Å². The van der Waals surface area contributed by atoms with E-state index in [-0.39, 0.29) is 31.3 Å². The third kappa shape index (κ3) is 2.40. The van der Waals surface area contributed by atoms with Gasteiger partial charge in [0.1, 0.15) is 6.10 Å². The molecule has 1 aliphatic rings. The Hall–Kier alpha value is -0.160. The smallest absolute Gasteiger partial charge is 0.163 e. The van der Waals surface area contributed by atoms with E-state index < -0.39 is 5.79 Å². The largest absolute Gasteiger partial charge is 0.396 e. The Bertz CT molecular complexity index is 169. The van der Waals surface area contributed by atoms with Crippen molar-refractivity contribution in [3.63, 3.8) is 0 Å². The van der Waals surface area contributed by atoms with E-state index in [1.807, 2.05) is 6.92 Å². The summed E-state index contributed by atoms with van der Waals surface area (Å²) < 4.78 is 11.0. The summed E-state index contributed by atoms with van der Waals surface area (Å²) in [5.41, 5.74) is 0. The predicted molar refractivity (Wildman–Crippen MR) is 47.2 cm³/mol. The Morgan fingerprint density at radius 2 is 1.92 bits per heavy atom. The molecule has 0 spiro atoms. The normalized spacial score (nSPS) is 34.8. The average molecular weight is 190 g/mol. The molecule has 0 radical (unpaired) electrons. The third-order valence-electron chi connectivity index (χ3n) is 2.25. The second-order valence-electron chi connectivity index (χ2n) is 3.98. The molecule has 0 bridgehead atoms. The maximum Gasteiger partial charge on any atom is 0.163 e. The Morgan fingerprint density at radius 1 is 1.31 bits per heavy atom. The fraction of sp³-hybridized carbons (Fsp3) is 1.00. The third-order valence-corrected chi connectivity index (χ3v) is 2.25. The summed E-state index contributed by atoms with van der Waals surface area (Å²) in [6.07, 6.45) is -0.540. The number of hydrogen-bond donors (Lipinski definition) is 2. The van der Waals surface area contributed by atoms with Gasteiger partial charge in [-0.15, -0.1) is 0 Å². The molecular weight excluding hydrogens is 172 g/mol. The first-order valence-corrected chi connectivity index (χ1v) is 4.57. The minimum absolute atomic E-state index is 0.0149. The molecule has 4 heteroatoms. The molecule has 1 heterocycles. The van der Waals surface area contributed by atoms with Crippen molar-refractivity contribution in [1.82, 2.24) is 0 Å². The summed E-state index contributed by atoms with van der Waals surface area (Å²) in [7, 11) is 0. The summed E-state index contributed by atoms with van der Waals surface area (Å²) in [4.78, 5) is 0. The minimum Gasteiger partial charge on any atom is -0.396 e. The maximum atomic E-state index is 9.03. The van der Waals surface area contributed by atoms with Crippen LogP contribution in [-0.4, -0.2) is 41.4 Å². The van der Waals surface area contributed by atoms with Gasteiger partial charge in [0.2, 0.25) is 0 Å². The molecule has 0 aromatic rings. The van der Waals surface area contributed by atoms with Crippen LogP contribution in [0.4, 0.5) is 0 Å². The highest BCUT2D eigenvalue weighted by atomic mass is 16.8. The fourth-order valence-electron chi connectivity index (χ4n) is 1.59. The molecule has 0 unspecified atom stereocenters. The van der Waals surface area contributed by atoms with E-state index in [9.17, 15) is 0 Å². The van der Waals surface area contributed by atoms with Gasteiger partial charge in [-0.05, 0) is 13.8 Å². The number of hydrogen-bond acceptors (Lipinski definition) is 4. The highest BCUT2D eigenvalue weighted by Crippen LogP contribution is 2.31. The molecule has 0 aromatic heterocycles. The summed E-state index contributed by atoms with van der Waals surface area (Å²) >= 11 is 0. The zero-order valence-corrected chi connectivity index (χ0v) is 8.36. The molecule has 1 aliphatic heterocycles. The second kappa shape index (κ2) is 3.92. The van der Waals surface area contributed by atoms with Crippen LogP contribution < -0.4 is 0 Å². The molecule has 1 fully saturated rings. The Kier molecular flexibility index (Phi) is 3.29. The van der Waals surface area contributed by atoms with E-state index in [1.54, 1.807) is 13.8 Å². The first-order chi connectivity index (χ1) is 6.00. The number of aliphatic hydroxyl groups excluding tert-OH is 2. The van der Waals surface area contributed by atoms with Crippen LogP contribution in [0.1, 0.15) is 20.8 Å². The molecule has 3 atom stereocenters. The predicted octanol–water partition coefficient (Wildman–Crippen LogP) is 0.127. The van der Waals surface area contributed by atoms with E-state index in [2.05, 4.69) is 0 Å². The van der Waals surface area contributed by atoms with Crippen molar-refractivity contribution >= 4 is 0 Å². The highest BCUT2D eigenvalue weighted by molar-refractivity contribution is 4.84. The molecular formula is C9H18O4. The van der Waals surface area contributed by atoms with Gasteiger partial charge in [0, 0.05) is 12.5 Å². The Morgan fingerprint density at radius 3 is 2.38 bits per heavy atom. The summed E-state index contributed by atoms with van der Waals surface area (Å²) in [5, 5.41) is 18.0. The van der Waals surface area contributed by atoms with Gasteiger partial charge in [-0.1, -0.05) is 6.92 Å². The Balaban J connectivity index is 2.63. The van der Waals surface area contributed by atoms with E-state index in [4.69, 9.17) is 19.7 Å². The first kappa shape index (κ1) is 10.9. The van der Waals surface area contributed by atoms with Gasteiger partial charge >= 0.3 is 0 Å². The van der Waals surface area contributed by atoms with Crippen LogP contribution in [0.2, 0.25) is 0 Å². The number of rotatable bonds is 3. The van der Waals surface area contributed by atoms with Crippen LogP contribution in [0, 0.1) is 5.92 Å². The van der Waals surface area contributed by atoms with Crippen molar-refractivity contribution in [2.45, 2.75) is 38.8 Å². The van der Waals surface area contributed by atoms with E-state index in [0.29, 0.717) is 0 Å². The van der Waals surface area contributed by atoms with Crippen LogP contribution in [0.25, 0.3) is 0 Å². The molecule has 1 saturated heterocycles. The van der Waals surface area contributed by atoms with Crippen LogP contribution in [0.3, 0.4) is 0 Å². The van der Waals surface area contributed by atoms with Crippen LogP contribution in [0.15, 0.2) is 0 Å². The van der Waals surface area contributed by atoms with Gasteiger partial charge in [-0.25, -0.2) is 0 Å². The van der Waals surface area contributed by atoms with Crippen molar-refractivity contribution < 1.29 is 19.7 Å². The second-order valence-corrected chi connectivity index (χ2v) is 3.98. The van der Waals surface area contributed by atoms with Gasteiger partial charge in [-0.3, -0.25) is 0 Å². The van der Waals surface area contributed by atoms with Gasteiger partial charge in [-0.2, -0.15) is 0 Å². The molecule has 0 amide bonds. The van der Waals surface area contributed by atoms with E-state index in [1.165, 1.54) is 0 Å². The quantitative estimate of drug-likeness (QED) is 0.664. The Labute approximate surface area is 78.5 Å². The van der Waals surface area contributed by atoms with Gasteiger partial charge < -0.3 is 19.7 Å². The summed E-state index contributed by atoms with van der Waals surface area (Å²) in [6.45, 7) is 5.45. The summed E-state index contributed by atoms with van der Waals surface area (Å²) in [6, 6.07) is 0. The minimum atomic E-state index is -0.651. The van der Waals surface area contributed by atoms with Crippen molar-refractivity contribution in [3.8, 4) is 0 Å². The molecule has 78 valence electrons. The zero-order chi connectivity index (χ0) is 10.1. The number of ether oxygens (including phenoxy) is 2. The van der Waals surface area contributed by atoms with Crippen LogP contribution in [0.5, 0.6) is 0 Å². The molecule has 0 aliphatic carbocycles. The number of aliphatic hydroxyl groups is 2. The highest BCUT2D eigenvalue weighted by Gasteiger charge is 2.43. The standard InChI is InChI=1S/C9H18O4/c1-6(4-10)8-7(5-11)12-9(2,3)13-8/h6-8,10-11H,4-5H2,1-3H3/t6-,7+,8+/m0/s1. The lowest BCUT2D eigenvalue weighted by molar-refractivity contribution is -0.153. The first-order valence-electron chi connectivity index (χ1n) is 4.57. The SMILES string of the molecule is C[C@@H](CO)[C@H]1OC(C)(C)O[C@@H]1CO. The lowest BCUT2D eigenvalue weighted by Crippen LogP contribution is -2.33. The van der Waals surface area contributed by atoms with Crippen molar-refractivity contribution in [3.05, 3.63) is 0 Å². The maximum absolute atomic E-state index is 9.03. The molecule has 13 heavy (non-hydrogen) atoms. The van der Waals surface area contributed by atoms with Crippen molar-refractivity contribution in [1.29, 1.82) is 0 Å². The lowest BCUT2D eigenvalue weighted by atomic mass is 10.0. The molecule has 0 saturated carbocycles. The van der Waals surface area contributed by atoms with Crippen LogP contribution in [-0.2, 0) is 9.47 Å². The van der Waals surface area contributed by atoms with Crippen molar-refractivity contribution in [2.75, 3.05) is 13.2 Å². The molecule has 2 N–H and O–H groups in total. The van der Waals surface area contributed by atoms with E-state index >= 15 is 0 Å². The topological polar surface area (TPSA) is 58.9 Å². The van der Waals surface area contributed by atoms with Gasteiger partial charge in [0.05, 0.1) is 12.7 Å². The molecule has 0 aromatic carbocycles. The van der Waals surface area contributed by atoms with Crippen LogP contribution >= 0.6 is 0 Å². The molecule has 1 rings (SSSR count). The fourth-order valence-corrected chi connectivity index (χ4v) is 1.59. The van der Waals surface area contributed by atoms with Gasteiger partial charge in [0.15, 0.2) is 5.79 Å². The van der Waals surface area contributed by atoms with E-state index in [0.717, 1.165) is 0 Å². The lowest BCUT2D eigenvalue weighted by Gasteiger charge is -2.20. The summed E-state index contributed by atoms with van der Waals surface area (Å²) in [5.74, 6) is -0.666. The zero-order valence-electron chi connectivity index (χ0n) is 8.36. The molecule has 4 nitrogen and oxygen atoms in total. The monoisotopic (exact) mass is 190 g/mol. The average Bonchev–Trinajstić information content (AvgIpc) is 2.39. The van der Waals surface area contributed by atoms with Crippen molar-refractivity contribution in [2.24, 2.45) is 5.92 Å².